The first-order valence-corrected chi connectivity index (χ1v) is 5.08. The van der Waals surface area contributed by atoms with E-state index in [9.17, 15) is 4.39 Å². The van der Waals surface area contributed by atoms with Crippen molar-refractivity contribution in [3.05, 3.63) is 30.1 Å². The van der Waals surface area contributed by atoms with Gasteiger partial charge in [-0.15, -0.1) is 0 Å². The fourth-order valence-corrected chi connectivity index (χ4v) is 1.34. The summed E-state index contributed by atoms with van der Waals surface area (Å²) >= 11 is 0. The normalized spacial score (nSPS) is 20.3. The summed E-state index contributed by atoms with van der Waals surface area (Å²) in [6.45, 7) is 1.87. The van der Waals surface area contributed by atoms with E-state index < -0.39 is 0 Å². The van der Waals surface area contributed by atoms with E-state index in [0.29, 0.717) is 5.69 Å². The quantitative estimate of drug-likeness (QED) is 0.565. The smallest absolute Gasteiger partial charge is 0.125 e. The number of hydrogen-bond donors (Lipinski definition) is 3. The van der Waals surface area contributed by atoms with E-state index in [1.807, 2.05) is 0 Å². The summed E-state index contributed by atoms with van der Waals surface area (Å²) in [5.74, 6) is -0.287. The second-order valence-corrected chi connectivity index (χ2v) is 3.56. The van der Waals surface area contributed by atoms with Gasteiger partial charge < -0.3 is 16.2 Å². The molecular formula is C11H17FN2O. The van der Waals surface area contributed by atoms with Crippen LogP contribution in [0.2, 0.25) is 0 Å². The maximum absolute atomic E-state index is 12.1. The third-order valence-electron chi connectivity index (χ3n) is 2.12. The van der Waals surface area contributed by atoms with Gasteiger partial charge in [0.25, 0.3) is 0 Å². The zero-order chi connectivity index (χ0) is 11.1. The largest absolute Gasteiger partial charge is 0.399 e. The monoisotopic (exact) mass is 212 g/mol. The van der Waals surface area contributed by atoms with E-state index in [1.54, 1.807) is 12.1 Å². The van der Waals surface area contributed by atoms with Crippen molar-refractivity contribution in [1.29, 1.82) is 0 Å². The van der Waals surface area contributed by atoms with Crippen LogP contribution in [0, 0.1) is 5.82 Å². The number of aliphatic hydroxyl groups is 1. The Hall–Kier alpha value is -1.13. The number of aliphatic hydroxyl groups excluding tert-OH is 1. The van der Waals surface area contributed by atoms with Crippen molar-refractivity contribution in [2.75, 3.05) is 18.8 Å². The van der Waals surface area contributed by atoms with Gasteiger partial charge in [0, 0.05) is 12.2 Å². The maximum Gasteiger partial charge on any atom is 0.125 e. The molecule has 15 heavy (non-hydrogen) atoms. The molecule has 1 saturated heterocycles. The molecule has 1 aliphatic rings. The first kappa shape index (κ1) is 11.9. The zero-order valence-corrected chi connectivity index (χ0v) is 8.62. The molecule has 0 saturated carbocycles. The Labute approximate surface area is 89.1 Å². The fraction of sp³-hybridized carbons (Fsp3) is 0.455. The highest BCUT2D eigenvalue weighted by Gasteiger charge is 2.06. The number of nitrogen functional groups attached to an aromatic ring is 1. The van der Waals surface area contributed by atoms with Crippen LogP contribution in [0.15, 0.2) is 24.3 Å². The standard InChI is InChI=1S/C6H6FN.C5H11NO/c7-5-2-1-3-6(8)4-5;7-5-2-1-3-6-4-5/h1-4H,8H2;5-7H,1-4H2. The molecule has 3 nitrogen and oxygen atoms in total. The Kier molecular flexibility index (Phi) is 5.07. The number of anilines is 1. The van der Waals surface area contributed by atoms with Crippen LogP contribution < -0.4 is 11.1 Å². The van der Waals surface area contributed by atoms with Crippen molar-refractivity contribution >= 4 is 5.69 Å². The van der Waals surface area contributed by atoms with Gasteiger partial charge >= 0.3 is 0 Å². The van der Waals surface area contributed by atoms with Crippen LogP contribution in [-0.4, -0.2) is 24.3 Å². The summed E-state index contributed by atoms with van der Waals surface area (Å²) in [5.41, 5.74) is 5.68. The summed E-state index contributed by atoms with van der Waals surface area (Å²) in [4.78, 5) is 0. The molecule has 1 heterocycles. The predicted octanol–water partition coefficient (Wildman–Crippen LogP) is 1.14. The average Bonchev–Trinajstić information content (AvgIpc) is 2.19. The summed E-state index contributed by atoms with van der Waals surface area (Å²) < 4.78 is 12.1. The minimum Gasteiger partial charge on any atom is -0.399 e. The van der Waals surface area contributed by atoms with Gasteiger partial charge in [-0.05, 0) is 37.6 Å². The van der Waals surface area contributed by atoms with Gasteiger partial charge in [-0.2, -0.15) is 0 Å². The summed E-state index contributed by atoms with van der Waals surface area (Å²) in [6.07, 6.45) is 2.03. The molecule has 0 aliphatic carbocycles. The second kappa shape index (κ2) is 6.37. The number of piperidine rings is 1. The van der Waals surface area contributed by atoms with Gasteiger partial charge in [0.1, 0.15) is 5.82 Å². The van der Waals surface area contributed by atoms with Gasteiger partial charge in [-0.25, -0.2) is 4.39 Å². The summed E-state index contributed by atoms with van der Waals surface area (Å²) in [5, 5.41) is 11.9. The van der Waals surface area contributed by atoms with Crippen LogP contribution >= 0.6 is 0 Å². The van der Waals surface area contributed by atoms with E-state index in [1.165, 1.54) is 12.1 Å². The van der Waals surface area contributed by atoms with E-state index in [2.05, 4.69) is 5.32 Å². The first-order valence-electron chi connectivity index (χ1n) is 5.08. The van der Waals surface area contributed by atoms with Crippen molar-refractivity contribution in [3.63, 3.8) is 0 Å². The SMILES string of the molecule is Nc1cccc(F)c1.OC1CCCNC1. The van der Waals surface area contributed by atoms with Crippen LogP contribution in [0.5, 0.6) is 0 Å². The highest BCUT2D eigenvalue weighted by Crippen LogP contribution is 2.02. The summed E-state index contributed by atoms with van der Waals surface area (Å²) in [7, 11) is 0. The lowest BCUT2D eigenvalue weighted by atomic mass is 10.1. The molecule has 84 valence electrons. The van der Waals surface area contributed by atoms with Crippen LogP contribution in [0.3, 0.4) is 0 Å². The van der Waals surface area contributed by atoms with Gasteiger partial charge in [-0.1, -0.05) is 6.07 Å². The molecule has 1 aromatic rings. The predicted molar refractivity (Wildman–Crippen MR) is 58.9 cm³/mol. The Balaban J connectivity index is 0.000000151. The van der Waals surface area contributed by atoms with Crippen LogP contribution in [0.4, 0.5) is 10.1 Å². The highest BCUT2D eigenvalue weighted by atomic mass is 19.1. The Bertz CT molecular complexity index is 270. The Morgan fingerprint density at radius 2 is 2.27 bits per heavy atom. The number of nitrogens with two attached hydrogens (primary N) is 1. The van der Waals surface area contributed by atoms with Gasteiger partial charge in [-0.3, -0.25) is 0 Å². The summed E-state index contributed by atoms with van der Waals surface area (Å²) in [6, 6.07) is 5.85. The maximum atomic E-state index is 12.1. The van der Waals surface area contributed by atoms with E-state index in [-0.39, 0.29) is 11.9 Å². The topological polar surface area (TPSA) is 58.3 Å². The highest BCUT2D eigenvalue weighted by molar-refractivity contribution is 5.36. The minimum absolute atomic E-state index is 0.0752. The average molecular weight is 212 g/mol. The number of hydrogen-bond acceptors (Lipinski definition) is 3. The lowest BCUT2D eigenvalue weighted by Crippen LogP contribution is -2.33. The van der Waals surface area contributed by atoms with Crippen molar-refractivity contribution < 1.29 is 9.50 Å². The molecule has 0 amide bonds. The van der Waals surface area contributed by atoms with Gasteiger partial charge in [0.15, 0.2) is 0 Å². The van der Waals surface area contributed by atoms with E-state index in [4.69, 9.17) is 10.8 Å². The fourth-order valence-electron chi connectivity index (χ4n) is 1.34. The number of halogens is 1. The molecule has 0 spiro atoms. The number of benzene rings is 1. The lowest BCUT2D eigenvalue weighted by Gasteiger charge is -2.16. The molecule has 0 aromatic heterocycles. The van der Waals surface area contributed by atoms with Crippen molar-refractivity contribution in [3.8, 4) is 0 Å². The number of β-amino-alcohol motifs (C(OH)–C–C–N with tert-alkyl or cyclic N) is 1. The molecule has 1 aromatic carbocycles. The minimum atomic E-state index is -0.287. The molecule has 0 radical (unpaired) electrons. The molecule has 1 fully saturated rings. The van der Waals surface area contributed by atoms with Crippen LogP contribution in [0.1, 0.15) is 12.8 Å². The molecule has 2 rings (SSSR count). The van der Waals surface area contributed by atoms with E-state index in [0.717, 1.165) is 25.9 Å². The van der Waals surface area contributed by atoms with Crippen molar-refractivity contribution in [2.45, 2.75) is 18.9 Å². The molecular weight excluding hydrogens is 195 g/mol. The molecule has 4 N–H and O–H groups in total. The van der Waals surface area contributed by atoms with Gasteiger partial charge in [0.05, 0.1) is 6.10 Å². The molecule has 1 atom stereocenters. The van der Waals surface area contributed by atoms with Crippen LogP contribution in [0.25, 0.3) is 0 Å². The molecule has 1 aliphatic heterocycles. The van der Waals surface area contributed by atoms with Gasteiger partial charge in [0.2, 0.25) is 0 Å². The lowest BCUT2D eigenvalue weighted by molar-refractivity contribution is 0.142. The molecule has 4 heteroatoms. The van der Waals surface area contributed by atoms with Crippen LogP contribution in [-0.2, 0) is 0 Å². The zero-order valence-electron chi connectivity index (χ0n) is 8.62. The molecule has 0 bridgehead atoms. The third kappa shape index (κ3) is 5.34. The number of nitrogens with one attached hydrogen (secondary N) is 1. The molecule has 1 unspecified atom stereocenters. The first-order chi connectivity index (χ1) is 7.18. The van der Waals surface area contributed by atoms with Crippen molar-refractivity contribution in [2.24, 2.45) is 0 Å². The third-order valence-corrected chi connectivity index (χ3v) is 2.12. The van der Waals surface area contributed by atoms with E-state index >= 15 is 0 Å². The Morgan fingerprint density at radius 3 is 2.60 bits per heavy atom. The Morgan fingerprint density at radius 1 is 1.47 bits per heavy atom. The second-order valence-electron chi connectivity index (χ2n) is 3.56. The number of rotatable bonds is 0. The van der Waals surface area contributed by atoms with Crippen molar-refractivity contribution in [1.82, 2.24) is 5.32 Å².